The first-order valence-corrected chi connectivity index (χ1v) is 11.7. The second-order valence-corrected chi connectivity index (χ2v) is 8.77. The number of para-hydroxylation sites is 2. The van der Waals surface area contributed by atoms with Gasteiger partial charge in [-0.3, -0.25) is 10.1 Å². The number of nitrogens with zero attached hydrogens (tertiary/aromatic N) is 2. The second kappa shape index (κ2) is 9.82. The summed E-state index contributed by atoms with van der Waals surface area (Å²) in [6.07, 6.45) is 0. The van der Waals surface area contributed by atoms with Crippen LogP contribution in [0, 0.1) is 0 Å². The van der Waals surface area contributed by atoms with Crippen LogP contribution in [0.25, 0.3) is 11.1 Å². The molecular weight excluding hydrogens is 485 g/mol. The molecule has 1 atom stereocenters. The van der Waals surface area contributed by atoms with E-state index in [2.05, 4.69) is 20.9 Å². The Labute approximate surface area is 211 Å². The van der Waals surface area contributed by atoms with Gasteiger partial charge in [0.15, 0.2) is 5.58 Å². The highest BCUT2D eigenvalue weighted by molar-refractivity contribution is 6.31. The first-order valence-electron chi connectivity index (χ1n) is 10.9. The molecule has 5 rings (SSSR count). The molecule has 1 aliphatic heterocycles. The number of rotatable bonds is 5. The number of halogens is 2. The summed E-state index contributed by atoms with van der Waals surface area (Å²) < 4.78 is 5.77. The van der Waals surface area contributed by atoms with Gasteiger partial charge < -0.3 is 15.1 Å². The number of amides is 1. The fourth-order valence-electron chi connectivity index (χ4n) is 3.90. The van der Waals surface area contributed by atoms with Crippen molar-refractivity contribution in [1.82, 2.24) is 15.6 Å². The van der Waals surface area contributed by atoms with E-state index in [4.69, 9.17) is 32.6 Å². The Balaban J connectivity index is 1.45. The van der Waals surface area contributed by atoms with Gasteiger partial charge in [-0.05, 0) is 36.8 Å². The Bertz CT molecular complexity index is 1440. The van der Waals surface area contributed by atoms with Crippen LogP contribution < -0.4 is 16.0 Å². The van der Waals surface area contributed by atoms with Crippen molar-refractivity contribution in [3.8, 4) is 0 Å². The van der Waals surface area contributed by atoms with Crippen LogP contribution in [0.4, 0.5) is 6.01 Å². The topological polar surface area (TPSA) is 91.5 Å². The van der Waals surface area contributed by atoms with Gasteiger partial charge in [-0.2, -0.15) is 4.98 Å². The zero-order valence-corrected chi connectivity index (χ0v) is 20.2. The summed E-state index contributed by atoms with van der Waals surface area (Å²) in [6.45, 7) is 2.10. The van der Waals surface area contributed by atoms with Gasteiger partial charge in [0.25, 0.3) is 5.91 Å². The zero-order chi connectivity index (χ0) is 24.4. The Hall–Kier alpha value is -3.81. The average Bonchev–Trinajstić information content (AvgIpc) is 3.25. The van der Waals surface area contributed by atoms with E-state index in [-0.39, 0.29) is 18.5 Å². The molecule has 9 heteroatoms. The molecule has 35 heavy (non-hydrogen) atoms. The van der Waals surface area contributed by atoms with Gasteiger partial charge >= 0.3 is 6.01 Å². The molecule has 1 aromatic heterocycles. The maximum Gasteiger partial charge on any atom is 0.302 e. The number of anilines is 1. The summed E-state index contributed by atoms with van der Waals surface area (Å²) in [5.74, 6) is 0.117. The maximum absolute atomic E-state index is 13.4. The predicted molar refractivity (Wildman–Crippen MR) is 138 cm³/mol. The lowest BCUT2D eigenvalue weighted by atomic mass is 9.95. The predicted octanol–water partition coefficient (Wildman–Crippen LogP) is 5.84. The monoisotopic (exact) mass is 505 g/mol. The lowest BCUT2D eigenvalue weighted by molar-refractivity contribution is -0.118. The smallest absolute Gasteiger partial charge is 0.302 e. The van der Waals surface area contributed by atoms with E-state index in [1.807, 2.05) is 67.6 Å². The summed E-state index contributed by atoms with van der Waals surface area (Å²) in [5, 5.41) is 10.3. The van der Waals surface area contributed by atoms with Crippen molar-refractivity contribution >= 4 is 52.2 Å². The van der Waals surface area contributed by atoms with E-state index < -0.39 is 6.04 Å². The van der Waals surface area contributed by atoms with Gasteiger partial charge in [-0.1, -0.05) is 71.7 Å². The molecule has 2 heterocycles. The van der Waals surface area contributed by atoms with Crippen molar-refractivity contribution in [2.75, 3.05) is 5.32 Å². The third kappa shape index (κ3) is 4.87. The van der Waals surface area contributed by atoms with Crippen LogP contribution in [0.15, 0.2) is 93.5 Å². The van der Waals surface area contributed by atoms with Crippen LogP contribution in [0.2, 0.25) is 10.0 Å². The first-order chi connectivity index (χ1) is 17.0. The number of nitrogens with one attached hydrogen (secondary N) is 3. The average molecular weight is 506 g/mol. The number of guanidine groups is 1. The summed E-state index contributed by atoms with van der Waals surface area (Å²) >= 11 is 12.8. The Kier molecular flexibility index (Phi) is 6.44. The molecule has 0 aliphatic carbocycles. The highest BCUT2D eigenvalue weighted by Crippen LogP contribution is 2.35. The van der Waals surface area contributed by atoms with Crippen LogP contribution in [0.5, 0.6) is 0 Å². The summed E-state index contributed by atoms with van der Waals surface area (Å²) in [5.41, 5.74) is 3.98. The lowest BCUT2D eigenvalue weighted by Crippen LogP contribution is -2.39. The number of aromatic nitrogens is 1. The highest BCUT2D eigenvalue weighted by Gasteiger charge is 2.31. The van der Waals surface area contributed by atoms with Crippen LogP contribution in [0.3, 0.4) is 0 Å². The van der Waals surface area contributed by atoms with E-state index in [1.165, 1.54) is 0 Å². The number of fused-ring (bicyclic) bond motifs is 1. The van der Waals surface area contributed by atoms with Crippen LogP contribution in [-0.2, 0) is 11.3 Å². The van der Waals surface area contributed by atoms with Crippen molar-refractivity contribution in [3.05, 3.63) is 105 Å². The molecule has 176 valence electrons. The molecular formula is C26H21Cl2N5O2. The number of hydrogen-bond acceptors (Lipinski definition) is 6. The van der Waals surface area contributed by atoms with Gasteiger partial charge in [-0.25, -0.2) is 4.99 Å². The molecule has 4 aromatic rings. The van der Waals surface area contributed by atoms with Crippen molar-refractivity contribution in [2.24, 2.45) is 4.99 Å². The number of carbonyl (C=O) groups is 1. The molecule has 1 amide bonds. The van der Waals surface area contributed by atoms with Gasteiger partial charge in [-0.15, -0.1) is 0 Å². The normalized spacial score (nSPS) is 15.5. The van der Waals surface area contributed by atoms with Crippen molar-refractivity contribution in [1.29, 1.82) is 0 Å². The molecule has 1 unspecified atom stereocenters. The van der Waals surface area contributed by atoms with Gasteiger partial charge in [0.1, 0.15) is 11.6 Å². The summed E-state index contributed by atoms with van der Waals surface area (Å²) in [7, 11) is 0. The van der Waals surface area contributed by atoms with Gasteiger partial charge in [0.05, 0.1) is 5.57 Å². The molecule has 1 aliphatic rings. The summed E-state index contributed by atoms with van der Waals surface area (Å²) in [4.78, 5) is 22.6. The zero-order valence-electron chi connectivity index (χ0n) is 18.7. The van der Waals surface area contributed by atoms with Gasteiger partial charge in [0, 0.05) is 27.9 Å². The molecule has 0 fully saturated rings. The highest BCUT2D eigenvalue weighted by atomic mass is 35.5. The van der Waals surface area contributed by atoms with Crippen LogP contribution in [0.1, 0.15) is 24.1 Å². The molecule has 3 aromatic carbocycles. The Morgan fingerprint density at radius 3 is 2.49 bits per heavy atom. The molecule has 0 radical (unpaired) electrons. The molecule has 0 saturated carbocycles. The number of benzene rings is 3. The number of aliphatic imine (C=N–C) groups is 1. The van der Waals surface area contributed by atoms with Gasteiger partial charge in [0.2, 0.25) is 5.96 Å². The van der Waals surface area contributed by atoms with E-state index in [0.717, 1.165) is 11.1 Å². The Morgan fingerprint density at radius 1 is 1.00 bits per heavy atom. The van der Waals surface area contributed by atoms with E-state index in [1.54, 1.807) is 12.1 Å². The number of allylic oxidation sites excluding steroid dienone is 1. The molecule has 3 N–H and O–H groups in total. The molecule has 7 nitrogen and oxygen atoms in total. The molecule has 0 bridgehead atoms. The van der Waals surface area contributed by atoms with Crippen molar-refractivity contribution < 1.29 is 9.21 Å². The van der Waals surface area contributed by atoms with Crippen molar-refractivity contribution in [3.63, 3.8) is 0 Å². The van der Waals surface area contributed by atoms with Crippen molar-refractivity contribution in [2.45, 2.75) is 19.5 Å². The summed E-state index contributed by atoms with van der Waals surface area (Å²) in [6, 6.07) is 21.8. The minimum absolute atomic E-state index is 0.274. The Morgan fingerprint density at radius 2 is 1.71 bits per heavy atom. The van der Waals surface area contributed by atoms with Crippen LogP contribution in [-0.4, -0.2) is 16.9 Å². The quantitative estimate of drug-likeness (QED) is 0.317. The fourth-order valence-corrected chi connectivity index (χ4v) is 4.34. The largest absolute Gasteiger partial charge is 0.423 e. The maximum atomic E-state index is 13.4. The first kappa shape index (κ1) is 23.0. The third-order valence-corrected chi connectivity index (χ3v) is 6.32. The number of carbonyl (C=O) groups excluding carboxylic acids is 1. The minimum Gasteiger partial charge on any atom is -0.423 e. The number of hydrogen-bond donors (Lipinski definition) is 3. The fraction of sp³-hybridized carbons (Fsp3) is 0.115. The number of oxazole rings is 1. The van der Waals surface area contributed by atoms with E-state index in [9.17, 15) is 4.79 Å². The van der Waals surface area contributed by atoms with E-state index >= 15 is 0 Å². The van der Waals surface area contributed by atoms with Crippen LogP contribution >= 0.6 is 23.2 Å². The SMILES string of the molecule is CC1=C(C(=O)NCc2ccccc2Cl)C(c2ccccc2Cl)N=C(Nc2nc3ccccc3o2)N1. The standard InChI is InChI=1S/C26H21Cl2N5O2/c1-15-22(24(34)29-14-16-8-2-4-10-18(16)27)23(17-9-3-5-11-19(17)28)32-25(30-15)33-26-31-20-12-6-7-13-21(20)35-26/h2-13,23H,14H2,1H3,(H,29,34)(H2,30,31,32,33). The minimum atomic E-state index is -0.650. The molecule has 0 saturated heterocycles. The lowest BCUT2D eigenvalue weighted by Gasteiger charge is -2.27. The second-order valence-electron chi connectivity index (χ2n) is 7.95. The van der Waals surface area contributed by atoms with E-state index in [0.29, 0.717) is 38.4 Å². The molecule has 0 spiro atoms. The third-order valence-electron chi connectivity index (χ3n) is 5.60.